The summed E-state index contributed by atoms with van der Waals surface area (Å²) in [6.07, 6.45) is 4.32. The molecule has 202 valence electrons. The van der Waals surface area contributed by atoms with Crippen LogP contribution in [0.15, 0.2) is 18.2 Å². The molecule has 11 heteroatoms. The summed E-state index contributed by atoms with van der Waals surface area (Å²) in [5.41, 5.74) is 0.719. The second-order valence-corrected chi connectivity index (χ2v) is 13.2. The van der Waals surface area contributed by atoms with Crippen LogP contribution in [0.25, 0.3) is 5.69 Å². The van der Waals surface area contributed by atoms with Crippen LogP contribution >= 0.6 is 0 Å². The van der Waals surface area contributed by atoms with Gasteiger partial charge in [0.05, 0.1) is 10.9 Å². The number of ether oxygens (including phenoxy) is 1. The molecule has 0 aliphatic heterocycles. The molecule has 0 radical (unpaired) electrons. The average Bonchev–Trinajstić information content (AvgIpc) is 3.12. The van der Waals surface area contributed by atoms with E-state index >= 15 is 0 Å². The minimum absolute atomic E-state index is 0.0817. The van der Waals surface area contributed by atoms with E-state index in [-0.39, 0.29) is 45.2 Å². The van der Waals surface area contributed by atoms with Crippen LogP contribution in [-0.2, 0) is 16.3 Å². The van der Waals surface area contributed by atoms with Gasteiger partial charge in [-0.1, -0.05) is 26.8 Å². The molecule has 1 saturated carbocycles. The Bertz CT molecular complexity index is 1280. The topological polar surface area (TPSA) is 114 Å². The maximum Gasteiger partial charge on any atom is 0.387 e. The lowest BCUT2D eigenvalue weighted by molar-refractivity contribution is -0.0499. The summed E-state index contributed by atoms with van der Waals surface area (Å²) in [7, 11) is -3.08. The van der Waals surface area contributed by atoms with Crippen molar-refractivity contribution in [2.45, 2.75) is 71.7 Å². The number of alkyl halides is 2. The molecule has 1 aliphatic rings. The number of carbonyl (C=O) groups is 1. The van der Waals surface area contributed by atoms with E-state index < -0.39 is 22.4 Å². The lowest BCUT2D eigenvalue weighted by atomic mass is 9.88. The number of nitrogens with zero attached hydrogens (tertiary/aromatic N) is 3. The van der Waals surface area contributed by atoms with Gasteiger partial charge in [0.25, 0.3) is 5.91 Å². The monoisotopic (exact) mass is 536 g/mol. The second-order valence-electron chi connectivity index (χ2n) is 10.9. The van der Waals surface area contributed by atoms with Crippen molar-refractivity contribution >= 4 is 15.7 Å². The summed E-state index contributed by atoms with van der Waals surface area (Å²) < 4.78 is 56.2. The van der Waals surface area contributed by atoms with Crippen molar-refractivity contribution < 1.29 is 26.7 Å². The first-order chi connectivity index (χ1) is 17.2. The predicted molar refractivity (Wildman–Crippen MR) is 136 cm³/mol. The smallest absolute Gasteiger partial charge is 0.387 e. The third-order valence-electron chi connectivity index (χ3n) is 6.53. The van der Waals surface area contributed by atoms with E-state index in [4.69, 9.17) is 4.74 Å². The number of nitriles is 1. The van der Waals surface area contributed by atoms with E-state index in [0.29, 0.717) is 38.6 Å². The Labute approximate surface area is 216 Å². The van der Waals surface area contributed by atoms with Crippen LogP contribution in [0.2, 0.25) is 0 Å². The summed E-state index contributed by atoms with van der Waals surface area (Å²) in [6.45, 7) is 4.94. The SMILES string of the molecule is Cc1nc(C(=O)NCC2CCC(S(C)(=O)=O)CC2)c(C#N)n1-c1ccc(CC(C)(C)C)cc1OC(F)F. The van der Waals surface area contributed by atoms with Crippen molar-refractivity contribution in [2.75, 3.05) is 12.8 Å². The first-order valence-corrected chi connectivity index (χ1v) is 14.2. The number of imidazole rings is 1. The molecular weight excluding hydrogens is 502 g/mol. The number of benzene rings is 1. The van der Waals surface area contributed by atoms with E-state index in [1.165, 1.54) is 16.9 Å². The Morgan fingerprint density at radius 1 is 1.27 bits per heavy atom. The maximum absolute atomic E-state index is 13.3. The number of hydrogen-bond donors (Lipinski definition) is 1. The third-order valence-corrected chi connectivity index (χ3v) is 8.21. The van der Waals surface area contributed by atoms with Crippen LogP contribution in [0.3, 0.4) is 0 Å². The first kappa shape index (κ1) is 28.6. The summed E-state index contributed by atoms with van der Waals surface area (Å²) in [4.78, 5) is 17.2. The Kier molecular flexibility index (Phi) is 8.63. The van der Waals surface area contributed by atoms with Crippen molar-refractivity contribution in [1.29, 1.82) is 5.26 Å². The van der Waals surface area contributed by atoms with Crippen molar-refractivity contribution in [3.05, 3.63) is 41.0 Å². The van der Waals surface area contributed by atoms with Gasteiger partial charge in [-0.15, -0.1) is 0 Å². The number of aromatic nitrogens is 2. The molecule has 3 rings (SSSR count). The van der Waals surface area contributed by atoms with Crippen LogP contribution < -0.4 is 10.1 Å². The van der Waals surface area contributed by atoms with E-state index in [1.54, 1.807) is 19.1 Å². The lowest BCUT2D eigenvalue weighted by Crippen LogP contribution is -2.34. The van der Waals surface area contributed by atoms with Gasteiger partial charge in [-0.25, -0.2) is 13.4 Å². The number of aryl methyl sites for hydroxylation is 1. The molecule has 2 aromatic rings. The average molecular weight is 537 g/mol. The van der Waals surface area contributed by atoms with Gasteiger partial charge in [0.15, 0.2) is 11.4 Å². The molecule has 0 atom stereocenters. The predicted octanol–water partition coefficient (Wildman–Crippen LogP) is 4.58. The van der Waals surface area contributed by atoms with E-state index in [0.717, 1.165) is 5.56 Å². The molecule has 0 unspecified atom stereocenters. The van der Waals surface area contributed by atoms with Crippen molar-refractivity contribution in [2.24, 2.45) is 11.3 Å². The first-order valence-electron chi connectivity index (χ1n) is 12.2. The minimum atomic E-state index is -3.08. The largest absolute Gasteiger partial charge is 0.433 e. The molecule has 0 spiro atoms. The molecule has 1 aromatic heterocycles. The fourth-order valence-electron chi connectivity index (χ4n) is 4.83. The molecule has 8 nitrogen and oxygen atoms in total. The Hall–Kier alpha value is -3.00. The van der Waals surface area contributed by atoms with Crippen LogP contribution in [0.4, 0.5) is 8.78 Å². The Morgan fingerprint density at radius 3 is 2.46 bits per heavy atom. The summed E-state index contributed by atoms with van der Waals surface area (Å²) in [5, 5.41) is 12.3. The summed E-state index contributed by atoms with van der Waals surface area (Å²) >= 11 is 0. The van der Waals surface area contributed by atoms with Gasteiger partial charge >= 0.3 is 6.61 Å². The van der Waals surface area contributed by atoms with Crippen LogP contribution in [0, 0.1) is 29.6 Å². The van der Waals surface area contributed by atoms with E-state index in [9.17, 15) is 27.3 Å². The van der Waals surface area contributed by atoms with Crippen LogP contribution in [-0.4, -0.2) is 48.5 Å². The zero-order valence-corrected chi connectivity index (χ0v) is 22.7. The number of amides is 1. The highest BCUT2D eigenvalue weighted by Crippen LogP contribution is 2.32. The number of halogens is 2. The zero-order chi connectivity index (χ0) is 27.5. The molecule has 1 heterocycles. The van der Waals surface area contributed by atoms with Gasteiger partial charge in [0, 0.05) is 12.8 Å². The molecule has 1 N–H and O–H groups in total. The molecule has 1 aromatic carbocycles. The summed E-state index contributed by atoms with van der Waals surface area (Å²) in [6, 6.07) is 6.89. The van der Waals surface area contributed by atoms with Crippen molar-refractivity contribution in [3.8, 4) is 17.5 Å². The fourth-order valence-corrected chi connectivity index (χ4v) is 5.96. The lowest BCUT2D eigenvalue weighted by Gasteiger charge is -2.27. The van der Waals surface area contributed by atoms with Gasteiger partial charge in [-0.2, -0.15) is 14.0 Å². The fraction of sp³-hybridized carbons (Fsp3) is 0.577. The number of hydrogen-bond acceptors (Lipinski definition) is 6. The second kappa shape index (κ2) is 11.2. The van der Waals surface area contributed by atoms with Crippen molar-refractivity contribution in [1.82, 2.24) is 14.9 Å². The van der Waals surface area contributed by atoms with Crippen molar-refractivity contribution in [3.63, 3.8) is 0 Å². The Morgan fingerprint density at radius 2 is 1.92 bits per heavy atom. The number of rotatable bonds is 8. The van der Waals surface area contributed by atoms with Gasteiger partial charge in [-0.05, 0) is 68.1 Å². The highest BCUT2D eigenvalue weighted by Gasteiger charge is 2.29. The maximum atomic E-state index is 13.3. The van der Waals surface area contributed by atoms with E-state index in [2.05, 4.69) is 10.3 Å². The van der Waals surface area contributed by atoms with E-state index in [1.807, 2.05) is 26.8 Å². The highest BCUT2D eigenvalue weighted by molar-refractivity contribution is 7.91. The normalized spacial score (nSPS) is 18.5. The quantitative estimate of drug-likeness (QED) is 0.528. The van der Waals surface area contributed by atoms with Crippen LogP contribution in [0.1, 0.15) is 74.0 Å². The summed E-state index contributed by atoms with van der Waals surface area (Å²) in [5.74, 6) is -0.261. The number of carbonyl (C=O) groups excluding carboxylic acids is 1. The molecule has 37 heavy (non-hydrogen) atoms. The molecular formula is C26H34F2N4O4S. The molecule has 0 saturated heterocycles. The van der Waals surface area contributed by atoms with Gasteiger partial charge < -0.3 is 10.1 Å². The standard InChI is InChI=1S/C26H34F2N4O4S/c1-16-31-23(24(33)30-15-17-6-9-19(10-7-17)37(5,34)35)21(14-29)32(16)20-11-8-18(13-26(2,3)4)12-22(20)36-25(27)28/h8,11-12,17,19,25H,6-7,9-10,13,15H2,1-5H3,(H,30,33). The molecule has 1 aliphatic carbocycles. The van der Waals surface area contributed by atoms with Gasteiger partial charge in [0.1, 0.15) is 27.5 Å². The third kappa shape index (κ3) is 7.28. The number of sulfone groups is 1. The van der Waals surface area contributed by atoms with Crippen LogP contribution in [0.5, 0.6) is 5.75 Å². The molecule has 1 fully saturated rings. The Balaban J connectivity index is 1.84. The molecule has 0 bridgehead atoms. The van der Waals surface area contributed by atoms with Gasteiger partial charge in [0.2, 0.25) is 0 Å². The highest BCUT2D eigenvalue weighted by atomic mass is 32.2. The minimum Gasteiger partial charge on any atom is -0.433 e. The zero-order valence-electron chi connectivity index (χ0n) is 21.8. The van der Waals surface area contributed by atoms with Gasteiger partial charge in [-0.3, -0.25) is 9.36 Å². The number of nitrogens with one attached hydrogen (secondary N) is 1. The molecule has 1 amide bonds.